The third-order valence-electron chi connectivity index (χ3n) is 4.82. The van der Waals surface area contributed by atoms with Gasteiger partial charge in [-0.3, -0.25) is 4.99 Å². The second-order valence-electron chi connectivity index (χ2n) is 6.67. The maximum absolute atomic E-state index is 5.08. The van der Waals surface area contributed by atoms with Gasteiger partial charge in [-0.2, -0.15) is 5.10 Å². The van der Waals surface area contributed by atoms with Crippen LogP contribution in [0.5, 0.6) is 0 Å². The molecular weight excluding hydrogens is 364 g/mol. The molecule has 5 rings (SSSR count). The molecule has 0 atom stereocenters. The van der Waals surface area contributed by atoms with E-state index in [4.69, 9.17) is 10.1 Å². The molecule has 1 aliphatic rings. The molecule has 0 radical (unpaired) electrons. The number of benzene rings is 2. The molecule has 0 saturated heterocycles. The molecule has 4 nitrogen and oxygen atoms in total. The third-order valence-corrected chi connectivity index (χ3v) is 5.70. The summed E-state index contributed by atoms with van der Waals surface area (Å²) in [5, 5.41) is 10.7. The lowest BCUT2D eigenvalue weighted by Crippen LogP contribution is -2.30. The molecule has 28 heavy (non-hydrogen) atoms. The highest BCUT2D eigenvalue weighted by Gasteiger charge is 2.26. The zero-order chi connectivity index (χ0) is 18.8. The minimum absolute atomic E-state index is 0.844. The Balaban J connectivity index is 1.84. The van der Waals surface area contributed by atoms with Crippen LogP contribution in [0.25, 0.3) is 27.5 Å². The number of hydrogen-bond acceptors (Lipinski definition) is 4. The molecule has 138 valence electrons. The average molecular weight is 385 g/mol. The Morgan fingerprint density at radius 3 is 2.36 bits per heavy atom. The van der Waals surface area contributed by atoms with E-state index in [2.05, 4.69) is 63.9 Å². The van der Waals surface area contributed by atoms with Crippen molar-refractivity contribution in [3.05, 3.63) is 83.7 Å². The van der Waals surface area contributed by atoms with Gasteiger partial charge in [0.2, 0.25) is 0 Å². The fourth-order valence-electron chi connectivity index (χ4n) is 3.54. The van der Waals surface area contributed by atoms with Gasteiger partial charge in [-0.05, 0) is 30.0 Å². The Bertz CT molecular complexity index is 1100. The van der Waals surface area contributed by atoms with Gasteiger partial charge in [0.1, 0.15) is 11.5 Å². The van der Waals surface area contributed by atoms with Gasteiger partial charge in [0.25, 0.3) is 0 Å². The van der Waals surface area contributed by atoms with Crippen LogP contribution in [-0.4, -0.2) is 28.7 Å². The zero-order valence-corrected chi connectivity index (χ0v) is 16.2. The Morgan fingerprint density at radius 2 is 1.68 bits per heavy atom. The lowest BCUT2D eigenvalue weighted by atomic mass is 10.0. The van der Waals surface area contributed by atoms with Gasteiger partial charge in [-0.1, -0.05) is 54.6 Å². The molecule has 0 fully saturated rings. The van der Waals surface area contributed by atoms with E-state index in [0.29, 0.717) is 0 Å². The number of nitrogens with zero attached hydrogens (tertiary/aromatic N) is 3. The standard InChI is InChI=1S/C23H20N4S/c1-3-9-17(10-4-1)21-20(23-24-14-8-15-25-23)22(19-13-7-16-28-19)27(26-21)18-11-5-2-6-12-18/h1-7,9-13,16H,8,14-15H2,(H,24,25). The lowest BCUT2D eigenvalue weighted by molar-refractivity contribution is 0.743. The highest BCUT2D eigenvalue weighted by atomic mass is 32.1. The average Bonchev–Trinajstić information content (AvgIpc) is 3.43. The number of nitrogens with one attached hydrogen (secondary N) is 1. The summed E-state index contributed by atoms with van der Waals surface area (Å²) in [6.45, 7) is 1.78. The summed E-state index contributed by atoms with van der Waals surface area (Å²) in [6, 6.07) is 24.9. The normalized spacial score (nSPS) is 13.8. The van der Waals surface area contributed by atoms with Crippen LogP contribution in [0.4, 0.5) is 0 Å². The molecule has 0 unspecified atom stereocenters. The number of thiophene rings is 1. The highest BCUT2D eigenvalue weighted by Crippen LogP contribution is 2.36. The summed E-state index contributed by atoms with van der Waals surface area (Å²) in [5.74, 6) is 0.940. The van der Waals surface area contributed by atoms with E-state index in [9.17, 15) is 0 Å². The van der Waals surface area contributed by atoms with E-state index in [-0.39, 0.29) is 0 Å². The van der Waals surface area contributed by atoms with Crippen molar-refractivity contribution in [2.24, 2.45) is 4.99 Å². The van der Waals surface area contributed by atoms with Gasteiger partial charge in [-0.15, -0.1) is 11.3 Å². The van der Waals surface area contributed by atoms with Gasteiger partial charge < -0.3 is 5.32 Å². The van der Waals surface area contributed by atoms with E-state index in [1.54, 1.807) is 11.3 Å². The molecule has 3 heterocycles. The van der Waals surface area contributed by atoms with Crippen molar-refractivity contribution in [1.82, 2.24) is 15.1 Å². The Labute approximate surface area is 168 Å². The minimum Gasteiger partial charge on any atom is -0.370 e. The molecule has 4 aromatic rings. The molecular formula is C23H20N4S. The van der Waals surface area contributed by atoms with Crippen LogP contribution >= 0.6 is 11.3 Å². The topological polar surface area (TPSA) is 42.2 Å². The molecule has 2 aromatic carbocycles. The number of aromatic nitrogens is 2. The minimum atomic E-state index is 0.844. The van der Waals surface area contributed by atoms with E-state index in [1.807, 2.05) is 24.3 Å². The molecule has 1 N–H and O–H groups in total. The third kappa shape index (κ3) is 3.04. The van der Waals surface area contributed by atoms with Crippen molar-refractivity contribution < 1.29 is 0 Å². The molecule has 0 spiro atoms. The summed E-state index contributed by atoms with van der Waals surface area (Å²) in [7, 11) is 0. The Morgan fingerprint density at radius 1 is 0.893 bits per heavy atom. The van der Waals surface area contributed by atoms with Crippen molar-refractivity contribution in [3.8, 4) is 27.5 Å². The smallest absolute Gasteiger partial charge is 0.132 e. The monoisotopic (exact) mass is 384 g/mol. The summed E-state index contributed by atoms with van der Waals surface area (Å²) in [4.78, 5) is 6.00. The van der Waals surface area contributed by atoms with Gasteiger partial charge in [0.05, 0.1) is 21.8 Å². The second kappa shape index (κ2) is 7.44. The number of hydrogen-bond donors (Lipinski definition) is 1. The van der Waals surface area contributed by atoms with Crippen molar-refractivity contribution in [3.63, 3.8) is 0 Å². The quantitative estimate of drug-likeness (QED) is 0.537. The SMILES string of the molecule is c1ccc(-c2nn(-c3ccccc3)c(-c3cccs3)c2C2=NCCCN2)cc1. The number of amidine groups is 1. The van der Waals surface area contributed by atoms with Gasteiger partial charge >= 0.3 is 0 Å². The highest BCUT2D eigenvalue weighted by molar-refractivity contribution is 7.13. The zero-order valence-electron chi connectivity index (χ0n) is 15.4. The first-order valence-corrected chi connectivity index (χ1v) is 10.4. The van der Waals surface area contributed by atoms with E-state index < -0.39 is 0 Å². The maximum atomic E-state index is 5.08. The van der Waals surface area contributed by atoms with Crippen LogP contribution < -0.4 is 5.32 Å². The first-order valence-electron chi connectivity index (χ1n) is 9.48. The number of aliphatic imine (C=N–C) groups is 1. The van der Waals surface area contributed by atoms with Crippen molar-refractivity contribution >= 4 is 17.2 Å². The van der Waals surface area contributed by atoms with E-state index in [1.165, 1.54) is 4.88 Å². The van der Waals surface area contributed by atoms with Gasteiger partial charge in [-0.25, -0.2) is 4.68 Å². The molecule has 1 aliphatic heterocycles. The Hall–Kier alpha value is -3.18. The van der Waals surface area contributed by atoms with Crippen molar-refractivity contribution in [2.75, 3.05) is 13.1 Å². The molecule has 0 aliphatic carbocycles. The lowest BCUT2D eigenvalue weighted by Gasteiger charge is -2.16. The van der Waals surface area contributed by atoms with Crippen LogP contribution in [0.3, 0.4) is 0 Å². The second-order valence-corrected chi connectivity index (χ2v) is 7.62. The van der Waals surface area contributed by atoms with Crippen molar-refractivity contribution in [1.29, 1.82) is 0 Å². The van der Waals surface area contributed by atoms with Crippen LogP contribution in [0.1, 0.15) is 12.0 Å². The predicted octanol–water partition coefficient (Wildman–Crippen LogP) is 5.01. The fourth-order valence-corrected chi connectivity index (χ4v) is 4.30. The van der Waals surface area contributed by atoms with Gasteiger partial charge in [0.15, 0.2) is 0 Å². The van der Waals surface area contributed by atoms with E-state index in [0.717, 1.165) is 53.5 Å². The van der Waals surface area contributed by atoms with Crippen LogP contribution in [0.15, 0.2) is 83.2 Å². The first kappa shape index (κ1) is 17.0. The first-order chi connectivity index (χ1) is 13.9. The van der Waals surface area contributed by atoms with Gasteiger partial charge in [0, 0.05) is 18.7 Å². The molecule has 0 amide bonds. The number of rotatable bonds is 4. The number of para-hydroxylation sites is 1. The molecule has 0 bridgehead atoms. The van der Waals surface area contributed by atoms with Crippen LogP contribution in [-0.2, 0) is 0 Å². The van der Waals surface area contributed by atoms with E-state index >= 15 is 0 Å². The summed E-state index contributed by atoms with van der Waals surface area (Å²) >= 11 is 1.73. The Kier molecular flexibility index (Phi) is 4.51. The molecule has 2 aromatic heterocycles. The summed E-state index contributed by atoms with van der Waals surface area (Å²) in [6.07, 6.45) is 1.06. The largest absolute Gasteiger partial charge is 0.370 e. The molecule has 0 saturated carbocycles. The van der Waals surface area contributed by atoms with Crippen molar-refractivity contribution in [2.45, 2.75) is 6.42 Å². The summed E-state index contributed by atoms with van der Waals surface area (Å²) in [5.41, 5.74) is 5.28. The maximum Gasteiger partial charge on any atom is 0.132 e. The van der Waals surface area contributed by atoms with Crippen LogP contribution in [0.2, 0.25) is 0 Å². The summed E-state index contributed by atoms with van der Waals surface area (Å²) < 4.78 is 2.06. The van der Waals surface area contributed by atoms with Crippen LogP contribution in [0, 0.1) is 0 Å². The molecule has 5 heteroatoms. The predicted molar refractivity (Wildman–Crippen MR) is 116 cm³/mol. The fraction of sp³-hybridized carbons (Fsp3) is 0.130.